The summed E-state index contributed by atoms with van der Waals surface area (Å²) in [5, 5.41) is 7.87. The number of nitrogens with one attached hydrogen (secondary N) is 1. The Balaban J connectivity index is 1.32. The van der Waals surface area contributed by atoms with E-state index in [-0.39, 0.29) is 5.91 Å². The van der Waals surface area contributed by atoms with Gasteiger partial charge in [-0.25, -0.2) is 14.5 Å². The number of amides is 1. The van der Waals surface area contributed by atoms with Crippen molar-refractivity contribution in [2.45, 2.75) is 46.1 Å². The zero-order valence-corrected chi connectivity index (χ0v) is 20.5. The highest BCUT2D eigenvalue weighted by Gasteiger charge is 2.16. The number of imidazole rings is 1. The summed E-state index contributed by atoms with van der Waals surface area (Å²) in [6.07, 6.45) is 4.20. The van der Waals surface area contributed by atoms with Crippen molar-refractivity contribution >= 4 is 40.3 Å². The number of aromatic nitrogens is 6. The van der Waals surface area contributed by atoms with E-state index in [9.17, 15) is 4.79 Å². The minimum Gasteiger partial charge on any atom is -0.310 e. The van der Waals surface area contributed by atoms with E-state index in [1.165, 1.54) is 11.9 Å². The number of fused-ring (bicyclic) bond motifs is 2. The number of anilines is 1. The Bertz CT molecular complexity index is 1510. The quantitative estimate of drug-likeness (QED) is 0.334. The first-order valence-electron chi connectivity index (χ1n) is 11.6. The van der Waals surface area contributed by atoms with Gasteiger partial charge in [-0.1, -0.05) is 41.9 Å². The van der Waals surface area contributed by atoms with Crippen LogP contribution in [0.5, 0.6) is 0 Å². The van der Waals surface area contributed by atoms with E-state index in [4.69, 9.17) is 11.6 Å². The number of hydrogen-bond donors (Lipinski definition) is 1. The molecule has 0 aliphatic rings. The van der Waals surface area contributed by atoms with Crippen LogP contribution < -0.4 is 5.32 Å². The Labute approximate surface area is 208 Å². The summed E-state index contributed by atoms with van der Waals surface area (Å²) in [4.78, 5) is 26.3. The number of benzene rings is 2. The van der Waals surface area contributed by atoms with Crippen LogP contribution in [0, 0.1) is 13.8 Å². The molecule has 3 heterocycles. The van der Waals surface area contributed by atoms with Crippen molar-refractivity contribution in [2.75, 3.05) is 5.32 Å². The maximum Gasteiger partial charge on any atom is 0.252 e. The first-order chi connectivity index (χ1) is 17.0. The van der Waals surface area contributed by atoms with E-state index < -0.39 is 0 Å². The molecule has 5 aromatic rings. The van der Waals surface area contributed by atoms with Crippen LogP contribution in [-0.2, 0) is 24.2 Å². The van der Waals surface area contributed by atoms with Crippen molar-refractivity contribution in [3.05, 3.63) is 82.4 Å². The summed E-state index contributed by atoms with van der Waals surface area (Å²) < 4.78 is 3.77. The summed E-state index contributed by atoms with van der Waals surface area (Å²) >= 11 is 6.20. The van der Waals surface area contributed by atoms with Gasteiger partial charge >= 0.3 is 0 Å². The molecule has 0 fully saturated rings. The second kappa shape index (κ2) is 9.84. The smallest absolute Gasteiger partial charge is 0.252 e. The van der Waals surface area contributed by atoms with E-state index in [0.717, 1.165) is 47.4 Å². The van der Waals surface area contributed by atoms with Crippen molar-refractivity contribution in [3.8, 4) is 0 Å². The maximum atomic E-state index is 13.0. The number of halogens is 1. The summed E-state index contributed by atoms with van der Waals surface area (Å²) in [6.45, 7) is 4.64. The van der Waals surface area contributed by atoms with Crippen LogP contribution in [0.15, 0.2) is 54.9 Å². The molecule has 0 aliphatic carbocycles. The van der Waals surface area contributed by atoms with Crippen LogP contribution in [-0.4, -0.2) is 35.0 Å². The van der Waals surface area contributed by atoms with E-state index in [1.807, 2.05) is 38.1 Å². The molecule has 2 aromatic carbocycles. The molecule has 0 bridgehead atoms. The van der Waals surface area contributed by atoms with Gasteiger partial charge in [-0.05, 0) is 62.4 Å². The SMILES string of the molecule is Cc1nc2ncnn2c(C)c1CCC(=O)Nc1nc2cc(Cl)ccc2n1CCCc1ccccc1. The van der Waals surface area contributed by atoms with E-state index in [0.29, 0.717) is 29.6 Å². The molecule has 0 saturated heterocycles. The zero-order valence-electron chi connectivity index (χ0n) is 19.7. The molecule has 0 atom stereocenters. The molecule has 8 nitrogen and oxygen atoms in total. The fraction of sp³-hybridized carbons (Fsp3) is 0.269. The summed E-state index contributed by atoms with van der Waals surface area (Å²) in [5.41, 5.74) is 5.81. The van der Waals surface area contributed by atoms with Crippen LogP contribution in [0.2, 0.25) is 5.02 Å². The Hall–Kier alpha value is -3.78. The normalized spacial score (nSPS) is 11.4. The lowest BCUT2D eigenvalue weighted by Gasteiger charge is -2.12. The highest BCUT2D eigenvalue weighted by molar-refractivity contribution is 6.31. The third-order valence-electron chi connectivity index (χ3n) is 6.24. The number of hydrogen-bond acceptors (Lipinski definition) is 5. The van der Waals surface area contributed by atoms with Gasteiger partial charge in [0.2, 0.25) is 11.9 Å². The summed E-state index contributed by atoms with van der Waals surface area (Å²) in [6, 6.07) is 16.0. The monoisotopic (exact) mass is 487 g/mol. The summed E-state index contributed by atoms with van der Waals surface area (Å²) in [7, 11) is 0. The first kappa shape index (κ1) is 23.0. The van der Waals surface area contributed by atoms with Crippen molar-refractivity contribution < 1.29 is 4.79 Å². The van der Waals surface area contributed by atoms with Crippen LogP contribution in [0.3, 0.4) is 0 Å². The highest BCUT2D eigenvalue weighted by Crippen LogP contribution is 2.24. The lowest BCUT2D eigenvalue weighted by Crippen LogP contribution is -2.17. The Morgan fingerprint density at radius 3 is 2.71 bits per heavy atom. The molecule has 35 heavy (non-hydrogen) atoms. The van der Waals surface area contributed by atoms with Gasteiger partial charge in [0.05, 0.1) is 11.0 Å². The minimum absolute atomic E-state index is 0.104. The van der Waals surface area contributed by atoms with Gasteiger partial charge in [0.15, 0.2) is 0 Å². The molecule has 0 unspecified atom stereocenters. The molecule has 0 radical (unpaired) electrons. The third-order valence-corrected chi connectivity index (χ3v) is 6.48. The number of carbonyl (C=O) groups is 1. The van der Waals surface area contributed by atoms with Gasteiger partial charge in [0, 0.05) is 29.4 Å². The number of nitrogens with zero attached hydrogens (tertiary/aromatic N) is 6. The topological polar surface area (TPSA) is 90.0 Å². The van der Waals surface area contributed by atoms with Crippen LogP contribution in [0.1, 0.15) is 35.4 Å². The number of rotatable bonds is 8. The molecule has 0 spiro atoms. The largest absolute Gasteiger partial charge is 0.310 e. The number of carbonyl (C=O) groups excluding carboxylic acids is 1. The van der Waals surface area contributed by atoms with Crippen LogP contribution in [0.25, 0.3) is 16.8 Å². The standard InChI is InChI=1S/C26H26ClN7O/c1-17-21(18(2)34-25(30-17)28-16-29-34)11-13-24(35)32-26-31-22-15-20(27)10-12-23(22)33(26)14-6-9-19-7-4-3-5-8-19/h3-5,7-8,10,12,15-16H,6,9,11,13-14H2,1-2H3,(H,31,32,35). The lowest BCUT2D eigenvalue weighted by atomic mass is 10.1. The van der Waals surface area contributed by atoms with E-state index in [2.05, 4.69) is 54.2 Å². The molecule has 1 N–H and O–H groups in total. The van der Waals surface area contributed by atoms with Gasteiger partial charge in [-0.15, -0.1) is 0 Å². The highest BCUT2D eigenvalue weighted by atomic mass is 35.5. The van der Waals surface area contributed by atoms with Gasteiger partial charge in [0.1, 0.15) is 6.33 Å². The summed E-state index contributed by atoms with van der Waals surface area (Å²) in [5.74, 6) is 1.00. The number of aryl methyl sites for hydroxylation is 4. The van der Waals surface area contributed by atoms with Crippen molar-refractivity contribution in [2.24, 2.45) is 0 Å². The predicted molar refractivity (Wildman–Crippen MR) is 137 cm³/mol. The molecule has 1 amide bonds. The van der Waals surface area contributed by atoms with Crippen LogP contribution in [0.4, 0.5) is 5.95 Å². The third kappa shape index (κ3) is 4.88. The average Bonchev–Trinajstić information content (AvgIpc) is 3.44. The molecular formula is C26H26ClN7O. The molecule has 5 rings (SSSR count). The average molecular weight is 488 g/mol. The fourth-order valence-corrected chi connectivity index (χ4v) is 4.62. The van der Waals surface area contributed by atoms with Gasteiger partial charge in [-0.2, -0.15) is 10.1 Å². The lowest BCUT2D eigenvalue weighted by molar-refractivity contribution is -0.116. The Morgan fingerprint density at radius 2 is 1.89 bits per heavy atom. The minimum atomic E-state index is -0.104. The van der Waals surface area contributed by atoms with Gasteiger partial charge < -0.3 is 4.57 Å². The molecule has 178 valence electrons. The Kier molecular flexibility index (Phi) is 6.46. The van der Waals surface area contributed by atoms with Gasteiger partial charge in [-0.3, -0.25) is 10.1 Å². The van der Waals surface area contributed by atoms with Gasteiger partial charge in [0.25, 0.3) is 5.78 Å². The maximum absolute atomic E-state index is 13.0. The van der Waals surface area contributed by atoms with Crippen molar-refractivity contribution in [1.29, 1.82) is 0 Å². The second-order valence-corrected chi connectivity index (χ2v) is 9.03. The molecule has 0 aliphatic heterocycles. The molecule has 3 aromatic heterocycles. The molecule has 0 saturated carbocycles. The second-order valence-electron chi connectivity index (χ2n) is 8.59. The zero-order chi connectivity index (χ0) is 24.4. The molecular weight excluding hydrogens is 462 g/mol. The van der Waals surface area contributed by atoms with Crippen molar-refractivity contribution in [3.63, 3.8) is 0 Å². The Morgan fingerprint density at radius 1 is 1.06 bits per heavy atom. The molecule has 9 heteroatoms. The first-order valence-corrected chi connectivity index (χ1v) is 12.0. The fourth-order valence-electron chi connectivity index (χ4n) is 4.45. The van der Waals surface area contributed by atoms with Crippen LogP contribution >= 0.6 is 11.6 Å². The van der Waals surface area contributed by atoms with Crippen molar-refractivity contribution in [1.82, 2.24) is 29.1 Å². The van der Waals surface area contributed by atoms with E-state index >= 15 is 0 Å². The van der Waals surface area contributed by atoms with E-state index in [1.54, 1.807) is 4.52 Å². The predicted octanol–water partition coefficient (Wildman–Crippen LogP) is 4.95.